The van der Waals surface area contributed by atoms with Crippen molar-refractivity contribution in [1.82, 2.24) is 4.98 Å². The first-order chi connectivity index (χ1) is 14.3. The molecule has 0 saturated carbocycles. The normalized spacial score (nSPS) is 13.1. The van der Waals surface area contributed by atoms with E-state index in [0.717, 1.165) is 17.7 Å². The molecular weight excluding hydrogens is 374 g/mol. The summed E-state index contributed by atoms with van der Waals surface area (Å²) in [6, 6.07) is 17.3. The van der Waals surface area contributed by atoms with Crippen molar-refractivity contribution in [3.63, 3.8) is 0 Å². The zero-order chi connectivity index (χ0) is 21.3. The van der Waals surface area contributed by atoms with Crippen LogP contribution in [0.1, 0.15) is 52.6 Å². The van der Waals surface area contributed by atoms with Crippen LogP contribution in [0.25, 0.3) is 0 Å². The van der Waals surface area contributed by atoms with E-state index in [1.54, 1.807) is 11.0 Å². The first kappa shape index (κ1) is 19.8. The molecule has 0 spiro atoms. The van der Waals surface area contributed by atoms with Gasteiger partial charge in [0.05, 0.1) is 11.1 Å². The fourth-order valence-corrected chi connectivity index (χ4v) is 3.64. The lowest BCUT2D eigenvalue weighted by Crippen LogP contribution is -2.29. The molecule has 1 aliphatic heterocycles. The molecule has 1 aromatic heterocycles. The summed E-state index contributed by atoms with van der Waals surface area (Å²) >= 11 is 0. The van der Waals surface area contributed by atoms with Crippen LogP contribution in [-0.2, 0) is 11.8 Å². The Balaban J connectivity index is 1.51. The van der Waals surface area contributed by atoms with Crippen molar-refractivity contribution in [3.8, 4) is 0 Å². The molecule has 0 unspecified atom stereocenters. The van der Waals surface area contributed by atoms with E-state index in [0.29, 0.717) is 23.4 Å². The number of hydrogen-bond acceptors (Lipinski definition) is 3. The number of hydrogen-bond donors (Lipinski definition) is 1. The van der Waals surface area contributed by atoms with Crippen LogP contribution in [0.2, 0.25) is 0 Å². The van der Waals surface area contributed by atoms with Gasteiger partial charge in [0.2, 0.25) is 0 Å². The summed E-state index contributed by atoms with van der Waals surface area (Å²) in [4.78, 5) is 31.6. The van der Waals surface area contributed by atoms with Gasteiger partial charge in [-0.1, -0.05) is 51.1 Å². The van der Waals surface area contributed by atoms with Gasteiger partial charge in [-0.3, -0.25) is 14.6 Å². The molecule has 0 radical (unpaired) electrons. The molecule has 2 heterocycles. The van der Waals surface area contributed by atoms with E-state index < -0.39 is 0 Å². The molecule has 0 saturated heterocycles. The van der Waals surface area contributed by atoms with Crippen molar-refractivity contribution in [2.24, 2.45) is 0 Å². The molecule has 1 N–H and O–H groups in total. The van der Waals surface area contributed by atoms with Crippen LogP contribution in [0.3, 0.4) is 0 Å². The van der Waals surface area contributed by atoms with Gasteiger partial charge in [0.15, 0.2) is 0 Å². The minimum absolute atomic E-state index is 0.0509. The molecular formula is C25H25N3O2. The Morgan fingerprint density at radius 2 is 1.67 bits per heavy atom. The minimum Gasteiger partial charge on any atom is -0.322 e. The summed E-state index contributed by atoms with van der Waals surface area (Å²) in [5.41, 5.74) is 4.80. The highest BCUT2D eigenvalue weighted by atomic mass is 16.2. The fourth-order valence-electron chi connectivity index (χ4n) is 3.64. The van der Waals surface area contributed by atoms with E-state index in [4.69, 9.17) is 0 Å². The number of carbonyl (C=O) groups excluding carboxylic acids is 2. The van der Waals surface area contributed by atoms with E-state index in [1.165, 1.54) is 18.0 Å². The number of pyridine rings is 1. The summed E-state index contributed by atoms with van der Waals surface area (Å²) < 4.78 is 0. The highest BCUT2D eigenvalue weighted by Crippen LogP contribution is 2.29. The molecule has 3 aromatic rings. The topological polar surface area (TPSA) is 62.3 Å². The molecule has 2 aromatic carbocycles. The second-order valence-corrected chi connectivity index (χ2v) is 8.58. The van der Waals surface area contributed by atoms with Crippen LogP contribution in [-0.4, -0.2) is 23.3 Å². The number of amides is 2. The van der Waals surface area contributed by atoms with Gasteiger partial charge in [0, 0.05) is 30.3 Å². The number of para-hydroxylation sites is 1. The molecule has 0 fully saturated rings. The Morgan fingerprint density at radius 1 is 0.967 bits per heavy atom. The van der Waals surface area contributed by atoms with Crippen LogP contribution in [0, 0.1) is 0 Å². The van der Waals surface area contributed by atoms with Crippen LogP contribution in [0.15, 0.2) is 67.0 Å². The largest absolute Gasteiger partial charge is 0.322 e. The Labute approximate surface area is 176 Å². The first-order valence-electron chi connectivity index (χ1n) is 10.1. The zero-order valence-electron chi connectivity index (χ0n) is 17.5. The number of rotatable bonds is 3. The molecule has 30 heavy (non-hydrogen) atoms. The smallest absolute Gasteiger partial charge is 0.259 e. The van der Waals surface area contributed by atoms with Gasteiger partial charge in [-0.2, -0.15) is 0 Å². The van der Waals surface area contributed by atoms with Gasteiger partial charge < -0.3 is 10.2 Å². The predicted molar refractivity (Wildman–Crippen MR) is 119 cm³/mol. The maximum absolute atomic E-state index is 13.0. The van der Waals surface area contributed by atoms with Crippen molar-refractivity contribution in [1.29, 1.82) is 0 Å². The highest BCUT2D eigenvalue weighted by Gasteiger charge is 2.25. The van der Waals surface area contributed by atoms with Crippen molar-refractivity contribution >= 4 is 23.2 Å². The van der Waals surface area contributed by atoms with E-state index >= 15 is 0 Å². The van der Waals surface area contributed by atoms with E-state index in [2.05, 4.69) is 31.1 Å². The molecule has 152 valence electrons. The van der Waals surface area contributed by atoms with Gasteiger partial charge in [0.1, 0.15) is 0 Å². The number of fused-ring (bicyclic) bond motifs is 1. The summed E-state index contributed by atoms with van der Waals surface area (Å²) in [6.45, 7) is 7.07. The quantitative estimate of drug-likeness (QED) is 0.686. The van der Waals surface area contributed by atoms with Crippen molar-refractivity contribution in [2.75, 3.05) is 16.8 Å². The number of carbonyl (C=O) groups is 2. The lowest BCUT2D eigenvalue weighted by molar-refractivity contribution is 0.0989. The minimum atomic E-state index is -0.289. The van der Waals surface area contributed by atoms with Gasteiger partial charge in [-0.15, -0.1) is 0 Å². The lowest BCUT2D eigenvalue weighted by atomic mass is 9.87. The summed E-state index contributed by atoms with van der Waals surface area (Å²) in [7, 11) is 0. The fraction of sp³-hybridized carbons (Fsp3) is 0.240. The maximum atomic E-state index is 13.0. The molecule has 0 aliphatic carbocycles. The lowest BCUT2D eigenvalue weighted by Gasteiger charge is -2.19. The third-order valence-electron chi connectivity index (χ3n) is 5.39. The van der Waals surface area contributed by atoms with Gasteiger partial charge in [-0.25, -0.2) is 0 Å². The number of anilines is 2. The third kappa shape index (κ3) is 3.96. The van der Waals surface area contributed by atoms with Crippen LogP contribution >= 0.6 is 0 Å². The summed E-state index contributed by atoms with van der Waals surface area (Å²) in [5.74, 6) is -0.431. The van der Waals surface area contributed by atoms with Gasteiger partial charge >= 0.3 is 0 Å². The van der Waals surface area contributed by atoms with Gasteiger partial charge in [-0.05, 0) is 47.2 Å². The number of benzene rings is 2. The maximum Gasteiger partial charge on any atom is 0.259 e. The predicted octanol–water partition coefficient (Wildman–Crippen LogP) is 4.83. The Bertz CT molecular complexity index is 1100. The molecule has 5 nitrogen and oxygen atoms in total. The zero-order valence-corrected chi connectivity index (χ0v) is 17.5. The Morgan fingerprint density at radius 3 is 2.40 bits per heavy atom. The Hall–Kier alpha value is -3.47. The number of aromatic nitrogens is 1. The van der Waals surface area contributed by atoms with Crippen molar-refractivity contribution in [2.45, 2.75) is 32.6 Å². The monoisotopic (exact) mass is 399 g/mol. The average Bonchev–Trinajstić information content (AvgIpc) is 3.17. The molecule has 4 rings (SSSR count). The SMILES string of the molecule is CC(C)(C)c1ccc(NC(=O)c2cncc(C(=O)N3CCc4ccccc43)c2)cc1. The number of nitrogens with zero attached hydrogens (tertiary/aromatic N) is 2. The average molecular weight is 399 g/mol. The third-order valence-corrected chi connectivity index (χ3v) is 5.39. The Kier molecular flexibility index (Phi) is 5.12. The van der Waals surface area contributed by atoms with Crippen LogP contribution < -0.4 is 10.2 Å². The standard InChI is InChI=1S/C25H25N3O2/c1-25(2,3)20-8-10-21(11-9-20)27-23(29)18-14-19(16-26-15-18)24(30)28-13-12-17-6-4-5-7-22(17)28/h4-11,14-16H,12-13H2,1-3H3,(H,27,29). The molecule has 0 atom stereocenters. The van der Waals surface area contributed by atoms with E-state index in [9.17, 15) is 9.59 Å². The molecule has 0 bridgehead atoms. The van der Waals surface area contributed by atoms with Crippen LogP contribution in [0.4, 0.5) is 11.4 Å². The van der Waals surface area contributed by atoms with Gasteiger partial charge in [0.25, 0.3) is 11.8 Å². The second kappa shape index (κ2) is 7.75. The second-order valence-electron chi connectivity index (χ2n) is 8.58. The number of nitrogens with one attached hydrogen (secondary N) is 1. The first-order valence-corrected chi connectivity index (χ1v) is 10.1. The molecule has 5 heteroatoms. The van der Waals surface area contributed by atoms with E-state index in [1.807, 2.05) is 48.5 Å². The molecule has 2 amide bonds. The summed E-state index contributed by atoms with van der Waals surface area (Å²) in [6.07, 6.45) is 3.83. The van der Waals surface area contributed by atoms with Crippen LogP contribution in [0.5, 0.6) is 0 Å². The van der Waals surface area contributed by atoms with E-state index in [-0.39, 0.29) is 17.2 Å². The molecule has 1 aliphatic rings. The summed E-state index contributed by atoms with van der Waals surface area (Å²) in [5, 5.41) is 2.88. The van der Waals surface area contributed by atoms with Crippen molar-refractivity contribution < 1.29 is 9.59 Å². The highest BCUT2D eigenvalue weighted by molar-refractivity contribution is 6.10. The van der Waals surface area contributed by atoms with Crippen molar-refractivity contribution in [3.05, 3.63) is 89.2 Å².